The number of piperazine rings is 1. The highest BCUT2D eigenvalue weighted by molar-refractivity contribution is 5.25. The molecule has 0 aliphatic carbocycles. The van der Waals surface area contributed by atoms with Crippen molar-refractivity contribution in [2.24, 2.45) is 7.05 Å². The number of aryl methyl sites for hydroxylation is 1. The molecule has 1 atom stereocenters. The van der Waals surface area contributed by atoms with Crippen LogP contribution in [0.2, 0.25) is 0 Å². The van der Waals surface area contributed by atoms with Crippen LogP contribution >= 0.6 is 0 Å². The lowest BCUT2D eigenvalue weighted by molar-refractivity contribution is 0.0743. The van der Waals surface area contributed by atoms with E-state index in [0.29, 0.717) is 0 Å². The SMILES string of the molecule is Cn1cc(CCN2CCNCC2(C)c2ccccc2)cn1. The van der Waals surface area contributed by atoms with Gasteiger partial charge in [-0.25, -0.2) is 0 Å². The molecule has 0 saturated carbocycles. The summed E-state index contributed by atoms with van der Waals surface area (Å²) in [6.07, 6.45) is 5.14. The summed E-state index contributed by atoms with van der Waals surface area (Å²) in [5.41, 5.74) is 2.77. The molecule has 1 aromatic heterocycles. The van der Waals surface area contributed by atoms with E-state index >= 15 is 0 Å². The fraction of sp³-hybridized carbons (Fsp3) is 0.471. The van der Waals surface area contributed by atoms with Crippen molar-refractivity contribution in [3.63, 3.8) is 0 Å². The molecule has 21 heavy (non-hydrogen) atoms. The summed E-state index contributed by atoms with van der Waals surface area (Å²) in [6, 6.07) is 10.8. The molecule has 2 aromatic rings. The molecule has 0 spiro atoms. The lowest BCUT2D eigenvalue weighted by Crippen LogP contribution is -2.57. The Morgan fingerprint density at radius 2 is 2.10 bits per heavy atom. The number of rotatable bonds is 4. The van der Waals surface area contributed by atoms with Crippen molar-refractivity contribution in [3.8, 4) is 0 Å². The molecule has 0 bridgehead atoms. The van der Waals surface area contributed by atoms with E-state index in [0.717, 1.165) is 32.6 Å². The van der Waals surface area contributed by atoms with Crippen LogP contribution in [0.3, 0.4) is 0 Å². The average Bonchev–Trinajstić information content (AvgIpc) is 2.93. The Bertz CT molecular complexity index is 577. The third-order valence-electron chi connectivity index (χ3n) is 4.55. The fourth-order valence-electron chi connectivity index (χ4n) is 3.21. The fourth-order valence-corrected chi connectivity index (χ4v) is 3.21. The van der Waals surface area contributed by atoms with Crippen molar-refractivity contribution in [1.29, 1.82) is 0 Å². The minimum atomic E-state index is 0.0711. The molecule has 4 heteroatoms. The molecule has 1 fully saturated rings. The number of nitrogens with zero attached hydrogens (tertiary/aromatic N) is 3. The molecule has 0 radical (unpaired) electrons. The van der Waals surface area contributed by atoms with Crippen molar-refractivity contribution in [1.82, 2.24) is 20.0 Å². The largest absolute Gasteiger partial charge is 0.313 e. The summed E-state index contributed by atoms with van der Waals surface area (Å²) in [6.45, 7) is 6.57. The highest BCUT2D eigenvalue weighted by atomic mass is 15.3. The van der Waals surface area contributed by atoms with Gasteiger partial charge in [-0.2, -0.15) is 5.10 Å². The smallest absolute Gasteiger partial charge is 0.0557 e. The van der Waals surface area contributed by atoms with E-state index in [-0.39, 0.29) is 5.54 Å². The first kappa shape index (κ1) is 14.3. The summed E-state index contributed by atoms with van der Waals surface area (Å²) < 4.78 is 1.88. The third kappa shape index (κ3) is 3.01. The highest BCUT2D eigenvalue weighted by Crippen LogP contribution is 2.29. The molecule has 1 saturated heterocycles. The van der Waals surface area contributed by atoms with Gasteiger partial charge in [0.05, 0.1) is 11.7 Å². The Kier molecular flexibility index (Phi) is 4.08. The van der Waals surface area contributed by atoms with Crippen LogP contribution in [-0.2, 0) is 19.0 Å². The Morgan fingerprint density at radius 3 is 2.81 bits per heavy atom. The van der Waals surface area contributed by atoms with Crippen LogP contribution in [-0.4, -0.2) is 40.9 Å². The van der Waals surface area contributed by atoms with Gasteiger partial charge in [-0.1, -0.05) is 30.3 Å². The van der Waals surface area contributed by atoms with E-state index in [1.807, 2.05) is 17.9 Å². The highest BCUT2D eigenvalue weighted by Gasteiger charge is 2.35. The maximum absolute atomic E-state index is 4.26. The van der Waals surface area contributed by atoms with Gasteiger partial charge in [0.15, 0.2) is 0 Å². The monoisotopic (exact) mass is 284 g/mol. The van der Waals surface area contributed by atoms with Crippen molar-refractivity contribution in [3.05, 3.63) is 53.9 Å². The summed E-state index contributed by atoms with van der Waals surface area (Å²) in [7, 11) is 1.97. The zero-order chi connectivity index (χ0) is 14.7. The van der Waals surface area contributed by atoms with Gasteiger partial charge in [0.1, 0.15) is 0 Å². The lowest BCUT2D eigenvalue weighted by Gasteiger charge is -2.45. The standard InChI is InChI=1S/C17H24N4/c1-17(16-6-4-3-5-7-16)14-18-9-11-21(17)10-8-15-12-19-20(2)13-15/h3-7,12-13,18H,8-11,14H2,1-2H3. The quantitative estimate of drug-likeness (QED) is 0.929. The van der Waals surface area contributed by atoms with Gasteiger partial charge >= 0.3 is 0 Å². The molecule has 1 N–H and O–H groups in total. The summed E-state index contributed by atoms with van der Waals surface area (Å²) in [5.74, 6) is 0. The Balaban J connectivity index is 1.75. The van der Waals surface area contributed by atoms with Crippen LogP contribution in [0.4, 0.5) is 0 Å². The van der Waals surface area contributed by atoms with Crippen LogP contribution in [0.25, 0.3) is 0 Å². The van der Waals surface area contributed by atoms with Crippen LogP contribution in [0.15, 0.2) is 42.7 Å². The Labute approximate surface area is 126 Å². The van der Waals surface area contributed by atoms with E-state index in [4.69, 9.17) is 0 Å². The molecule has 112 valence electrons. The van der Waals surface area contributed by atoms with E-state index in [9.17, 15) is 0 Å². The number of nitrogens with one attached hydrogen (secondary N) is 1. The number of hydrogen-bond acceptors (Lipinski definition) is 3. The molecular weight excluding hydrogens is 260 g/mol. The predicted octanol–water partition coefficient (Wildman–Crippen LogP) is 1.78. The second-order valence-electron chi connectivity index (χ2n) is 6.08. The van der Waals surface area contributed by atoms with Crippen LogP contribution in [0.5, 0.6) is 0 Å². The van der Waals surface area contributed by atoms with Crippen molar-refractivity contribution >= 4 is 0 Å². The number of aromatic nitrogens is 2. The molecule has 3 rings (SSSR count). The maximum atomic E-state index is 4.26. The Hall–Kier alpha value is -1.65. The summed E-state index contributed by atoms with van der Waals surface area (Å²) in [4.78, 5) is 2.60. The van der Waals surface area contributed by atoms with Gasteiger partial charge in [0.25, 0.3) is 0 Å². The first-order chi connectivity index (χ1) is 10.2. The third-order valence-corrected chi connectivity index (χ3v) is 4.55. The van der Waals surface area contributed by atoms with Crippen LogP contribution in [0, 0.1) is 0 Å². The molecular formula is C17H24N4. The first-order valence-corrected chi connectivity index (χ1v) is 7.67. The molecule has 2 heterocycles. The normalized spacial score (nSPS) is 23.3. The van der Waals surface area contributed by atoms with Crippen molar-refractivity contribution in [2.45, 2.75) is 18.9 Å². The molecule has 1 unspecified atom stereocenters. The van der Waals surface area contributed by atoms with Gasteiger partial charge in [-0.15, -0.1) is 0 Å². The number of hydrogen-bond donors (Lipinski definition) is 1. The zero-order valence-corrected chi connectivity index (χ0v) is 12.9. The molecule has 1 aromatic carbocycles. The van der Waals surface area contributed by atoms with Gasteiger partial charge < -0.3 is 5.32 Å². The minimum absolute atomic E-state index is 0.0711. The van der Waals surface area contributed by atoms with E-state index in [2.05, 4.69) is 58.8 Å². The molecule has 1 aliphatic heterocycles. The lowest BCUT2D eigenvalue weighted by atomic mass is 9.88. The van der Waals surface area contributed by atoms with Gasteiger partial charge in [-0.3, -0.25) is 9.58 Å². The molecule has 0 amide bonds. The van der Waals surface area contributed by atoms with E-state index in [1.54, 1.807) is 0 Å². The van der Waals surface area contributed by atoms with Crippen molar-refractivity contribution < 1.29 is 0 Å². The van der Waals surface area contributed by atoms with Gasteiger partial charge in [-0.05, 0) is 24.5 Å². The van der Waals surface area contributed by atoms with Gasteiger partial charge in [0.2, 0.25) is 0 Å². The topological polar surface area (TPSA) is 33.1 Å². The first-order valence-electron chi connectivity index (χ1n) is 7.67. The van der Waals surface area contributed by atoms with Crippen LogP contribution < -0.4 is 5.32 Å². The van der Waals surface area contributed by atoms with Crippen molar-refractivity contribution in [2.75, 3.05) is 26.2 Å². The second kappa shape index (κ2) is 6.00. The summed E-state index contributed by atoms with van der Waals surface area (Å²) >= 11 is 0. The van der Waals surface area contributed by atoms with Gasteiger partial charge in [0, 0.05) is 39.4 Å². The molecule has 4 nitrogen and oxygen atoms in total. The second-order valence-corrected chi connectivity index (χ2v) is 6.08. The zero-order valence-electron chi connectivity index (χ0n) is 12.9. The van der Waals surface area contributed by atoms with E-state index in [1.165, 1.54) is 11.1 Å². The van der Waals surface area contributed by atoms with Crippen LogP contribution in [0.1, 0.15) is 18.1 Å². The minimum Gasteiger partial charge on any atom is -0.313 e. The summed E-state index contributed by atoms with van der Waals surface area (Å²) in [5, 5.41) is 7.81. The molecule has 1 aliphatic rings. The maximum Gasteiger partial charge on any atom is 0.0557 e. The predicted molar refractivity (Wildman–Crippen MR) is 85.1 cm³/mol. The van der Waals surface area contributed by atoms with E-state index < -0.39 is 0 Å². The number of benzene rings is 1. The Morgan fingerprint density at radius 1 is 1.29 bits per heavy atom. The average molecular weight is 284 g/mol.